The molecule has 18 heavy (non-hydrogen) atoms. The Balaban J connectivity index is 1.91. The van der Waals surface area contributed by atoms with Crippen molar-refractivity contribution in [3.05, 3.63) is 29.5 Å². The van der Waals surface area contributed by atoms with Gasteiger partial charge < -0.3 is 15.0 Å². The molecule has 2 aliphatic rings. The number of nitrogens with zero attached hydrogens (tertiary/aromatic N) is 1. The van der Waals surface area contributed by atoms with E-state index in [1.54, 1.807) is 6.07 Å². The molecule has 2 unspecified atom stereocenters. The van der Waals surface area contributed by atoms with Crippen LogP contribution in [0.3, 0.4) is 0 Å². The quantitative estimate of drug-likeness (QED) is 0.745. The molecule has 0 radical (unpaired) electrons. The Kier molecular flexibility index (Phi) is 2.18. The number of aromatic hydroxyl groups is 1. The van der Waals surface area contributed by atoms with Gasteiger partial charge in [0.2, 0.25) is 0 Å². The van der Waals surface area contributed by atoms with Gasteiger partial charge >= 0.3 is 0 Å². The van der Waals surface area contributed by atoms with E-state index < -0.39 is 0 Å². The van der Waals surface area contributed by atoms with Crippen molar-refractivity contribution in [1.82, 2.24) is 9.88 Å². The maximum atomic E-state index is 9.60. The molecule has 4 rings (SSSR count). The van der Waals surface area contributed by atoms with Crippen LogP contribution in [0.4, 0.5) is 0 Å². The molecule has 1 aromatic heterocycles. The van der Waals surface area contributed by atoms with Gasteiger partial charge in [-0.15, -0.1) is 0 Å². The topological polar surface area (TPSA) is 39.3 Å². The van der Waals surface area contributed by atoms with Gasteiger partial charge in [0.25, 0.3) is 0 Å². The number of fused-ring (bicyclic) bond motifs is 6. The summed E-state index contributed by atoms with van der Waals surface area (Å²) in [6.45, 7) is 3.64. The van der Waals surface area contributed by atoms with Gasteiger partial charge in [-0.25, -0.2) is 0 Å². The van der Waals surface area contributed by atoms with E-state index in [-0.39, 0.29) is 0 Å². The zero-order valence-corrected chi connectivity index (χ0v) is 10.4. The summed E-state index contributed by atoms with van der Waals surface area (Å²) in [7, 11) is 0. The van der Waals surface area contributed by atoms with Crippen LogP contribution in [0.15, 0.2) is 18.2 Å². The fourth-order valence-electron chi connectivity index (χ4n) is 3.65. The van der Waals surface area contributed by atoms with Crippen LogP contribution in [0.2, 0.25) is 0 Å². The second-order valence-electron chi connectivity index (χ2n) is 5.64. The van der Waals surface area contributed by atoms with Gasteiger partial charge in [-0.05, 0) is 43.5 Å². The molecule has 2 aliphatic heterocycles. The number of hydrogen-bond donors (Lipinski definition) is 2. The number of phenols is 1. The Morgan fingerprint density at radius 3 is 3.17 bits per heavy atom. The van der Waals surface area contributed by atoms with Crippen LogP contribution in [0, 0.1) is 0 Å². The molecule has 0 aliphatic carbocycles. The van der Waals surface area contributed by atoms with Crippen molar-refractivity contribution in [2.75, 3.05) is 19.6 Å². The van der Waals surface area contributed by atoms with Crippen molar-refractivity contribution in [3.63, 3.8) is 0 Å². The SMILES string of the molecule is Oc1ccc2c3c([nH]c2c1)C1CCCN(CC3)C1. The van der Waals surface area contributed by atoms with E-state index in [1.807, 2.05) is 6.07 Å². The first-order valence-electron chi connectivity index (χ1n) is 6.87. The summed E-state index contributed by atoms with van der Waals surface area (Å²) in [5.41, 5.74) is 4.01. The molecule has 3 heterocycles. The standard InChI is InChI=1S/C15H18N2O/c18-11-3-4-12-13-5-7-17-6-1-2-10(9-17)15(13)16-14(12)8-11/h3-4,8,10,16,18H,1-2,5-7,9H2. The second-order valence-corrected chi connectivity index (χ2v) is 5.64. The Labute approximate surface area is 106 Å². The Morgan fingerprint density at radius 2 is 2.22 bits per heavy atom. The number of aromatic nitrogens is 1. The second kappa shape index (κ2) is 3.75. The smallest absolute Gasteiger partial charge is 0.117 e. The number of nitrogens with one attached hydrogen (secondary N) is 1. The molecule has 0 saturated carbocycles. The number of rotatable bonds is 0. The third-order valence-electron chi connectivity index (χ3n) is 4.51. The monoisotopic (exact) mass is 242 g/mol. The average Bonchev–Trinajstić information content (AvgIpc) is 2.69. The first kappa shape index (κ1) is 10.4. The van der Waals surface area contributed by atoms with Gasteiger partial charge in [0.15, 0.2) is 0 Å². The van der Waals surface area contributed by atoms with Crippen LogP contribution in [-0.4, -0.2) is 34.6 Å². The summed E-state index contributed by atoms with van der Waals surface area (Å²) in [6, 6.07) is 5.71. The van der Waals surface area contributed by atoms with Gasteiger partial charge in [-0.2, -0.15) is 0 Å². The van der Waals surface area contributed by atoms with Crippen LogP contribution in [-0.2, 0) is 6.42 Å². The van der Waals surface area contributed by atoms with Crippen LogP contribution < -0.4 is 0 Å². The highest BCUT2D eigenvalue weighted by Gasteiger charge is 2.28. The number of benzene rings is 1. The highest BCUT2D eigenvalue weighted by molar-refractivity contribution is 5.86. The fraction of sp³-hybridized carbons (Fsp3) is 0.467. The largest absolute Gasteiger partial charge is 0.508 e. The van der Waals surface area contributed by atoms with E-state index in [4.69, 9.17) is 0 Å². The van der Waals surface area contributed by atoms with Crippen LogP contribution in [0.5, 0.6) is 5.75 Å². The zero-order valence-electron chi connectivity index (χ0n) is 10.4. The Morgan fingerprint density at radius 1 is 1.28 bits per heavy atom. The van der Waals surface area contributed by atoms with E-state index in [2.05, 4.69) is 16.0 Å². The van der Waals surface area contributed by atoms with Crippen molar-refractivity contribution < 1.29 is 5.11 Å². The predicted molar refractivity (Wildman–Crippen MR) is 72.1 cm³/mol. The summed E-state index contributed by atoms with van der Waals surface area (Å²) in [6.07, 6.45) is 3.74. The van der Waals surface area contributed by atoms with Crippen molar-refractivity contribution in [2.24, 2.45) is 0 Å². The minimum absolute atomic E-state index is 0.351. The van der Waals surface area contributed by atoms with Gasteiger partial charge in [-0.1, -0.05) is 0 Å². The molecule has 2 atom stereocenters. The fourth-order valence-corrected chi connectivity index (χ4v) is 3.65. The van der Waals surface area contributed by atoms with Crippen molar-refractivity contribution >= 4 is 10.9 Å². The zero-order chi connectivity index (χ0) is 12.1. The summed E-state index contributed by atoms with van der Waals surface area (Å²) >= 11 is 0. The van der Waals surface area contributed by atoms with Gasteiger partial charge in [0, 0.05) is 41.7 Å². The average molecular weight is 242 g/mol. The van der Waals surface area contributed by atoms with E-state index >= 15 is 0 Å². The van der Waals surface area contributed by atoms with Crippen molar-refractivity contribution in [3.8, 4) is 5.75 Å². The molecule has 1 fully saturated rings. The summed E-state index contributed by atoms with van der Waals surface area (Å²) in [5.74, 6) is 1.01. The third-order valence-corrected chi connectivity index (χ3v) is 4.51. The Bertz CT molecular complexity index is 602. The molecule has 1 aromatic carbocycles. The number of piperidine rings is 1. The van der Waals surface area contributed by atoms with Gasteiger partial charge in [0.05, 0.1) is 0 Å². The number of hydrogen-bond acceptors (Lipinski definition) is 2. The molecule has 0 amide bonds. The van der Waals surface area contributed by atoms with Crippen LogP contribution in [0.25, 0.3) is 10.9 Å². The number of aromatic amines is 1. The normalized spacial score (nSPS) is 26.9. The highest BCUT2D eigenvalue weighted by atomic mass is 16.3. The maximum Gasteiger partial charge on any atom is 0.117 e. The van der Waals surface area contributed by atoms with E-state index in [1.165, 1.54) is 49.1 Å². The lowest BCUT2D eigenvalue weighted by molar-refractivity contribution is 0.217. The molecule has 2 N–H and O–H groups in total. The molecule has 1 saturated heterocycles. The Hall–Kier alpha value is -1.48. The molecule has 2 bridgehead atoms. The predicted octanol–water partition coefficient (Wildman–Crippen LogP) is 2.61. The first-order valence-corrected chi connectivity index (χ1v) is 6.87. The lowest BCUT2D eigenvalue weighted by Crippen LogP contribution is -2.33. The molecular weight excluding hydrogens is 224 g/mol. The van der Waals surface area contributed by atoms with Crippen molar-refractivity contribution in [2.45, 2.75) is 25.2 Å². The minimum Gasteiger partial charge on any atom is -0.508 e. The maximum absolute atomic E-state index is 9.60. The molecule has 94 valence electrons. The lowest BCUT2D eigenvalue weighted by Gasteiger charge is -2.29. The van der Waals surface area contributed by atoms with E-state index in [9.17, 15) is 5.11 Å². The summed E-state index contributed by atoms with van der Waals surface area (Å²) < 4.78 is 0. The van der Waals surface area contributed by atoms with E-state index in [0.29, 0.717) is 11.7 Å². The van der Waals surface area contributed by atoms with Crippen LogP contribution in [0.1, 0.15) is 30.0 Å². The minimum atomic E-state index is 0.351. The molecule has 3 heteroatoms. The van der Waals surface area contributed by atoms with E-state index in [0.717, 1.165) is 11.9 Å². The van der Waals surface area contributed by atoms with Gasteiger partial charge in [-0.3, -0.25) is 0 Å². The van der Waals surface area contributed by atoms with Crippen LogP contribution >= 0.6 is 0 Å². The third kappa shape index (κ3) is 1.47. The first-order chi connectivity index (χ1) is 8.81. The van der Waals surface area contributed by atoms with Gasteiger partial charge in [0.1, 0.15) is 5.75 Å². The summed E-state index contributed by atoms with van der Waals surface area (Å²) in [5, 5.41) is 10.9. The molecule has 2 aromatic rings. The molecular formula is C15H18N2O. The van der Waals surface area contributed by atoms with Crippen molar-refractivity contribution in [1.29, 1.82) is 0 Å². The number of H-pyrrole nitrogens is 1. The lowest BCUT2D eigenvalue weighted by atomic mass is 9.93. The molecule has 3 nitrogen and oxygen atoms in total. The molecule has 0 spiro atoms. The highest BCUT2D eigenvalue weighted by Crippen LogP contribution is 2.36. The number of phenolic OH excluding ortho intramolecular Hbond substituents is 1. The summed E-state index contributed by atoms with van der Waals surface area (Å²) in [4.78, 5) is 6.16.